The third kappa shape index (κ3) is 3.02. The lowest BCUT2D eigenvalue weighted by Crippen LogP contribution is -2.28. The molecule has 2 aliphatic rings. The molecule has 2 aliphatic carbocycles. The van der Waals surface area contributed by atoms with Crippen LogP contribution in [0.1, 0.15) is 68.4 Å². The van der Waals surface area contributed by atoms with E-state index in [9.17, 15) is 5.11 Å². The number of rotatable bonds is 3. The highest BCUT2D eigenvalue weighted by Crippen LogP contribution is 2.40. The molecular formula is C18H26O. The summed E-state index contributed by atoms with van der Waals surface area (Å²) in [4.78, 5) is 0. The first-order valence-electron chi connectivity index (χ1n) is 8.10. The van der Waals surface area contributed by atoms with Gasteiger partial charge in [-0.2, -0.15) is 0 Å². The number of hydrogen-bond donors (Lipinski definition) is 1. The van der Waals surface area contributed by atoms with Crippen LogP contribution in [0.25, 0.3) is 0 Å². The zero-order valence-electron chi connectivity index (χ0n) is 11.9. The maximum atomic E-state index is 10.6. The molecule has 104 valence electrons. The molecule has 0 spiro atoms. The summed E-state index contributed by atoms with van der Waals surface area (Å²) in [5, 5.41) is 10.6. The highest BCUT2D eigenvalue weighted by Gasteiger charge is 2.30. The fourth-order valence-electron chi connectivity index (χ4n) is 3.93. The summed E-state index contributed by atoms with van der Waals surface area (Å²) in [5.41, 5.74) is 2.99. The lowest BCUT2D eigenvalue weighted by Gasteiger charge is -2.34. The molecule has 1 saturated carbocycles. The molecule has 1 nitrogen and oxygen atoms in total. The van der Waals surface area contributed by atoms with Crippen molar-refractivity contribution in [2.75, 3.05) is 0 Å². The lowest BCUT2D eigenvalue weighted by molar-refractivity contribution is 0.0742. The zero-order chi connectivity index (χ0) is 13.1. The van der Waals surface area contributed by atoms with Crippen LogP contribution < -0.4 is 0 Å². The van der Waals surface area contributed by atoms with Gasteiger partial charge < -0.3 is 5.11 Å². The topological polar surface area (TPSA) is 20.2 Å². The van der Waals surface area contributed by atoms with Crippen molar-refractivity contribution in [3.8, 4) is 0 Å². The van der Waals surface area contributed by atoms with E-state index >= 15 is 0 Å². The molecule has 19 heavy (non-hydrogen) atoms. The molecule has 1 N–H and O–H groups in total. The van der Waals surface area contributed by atoms with Crippen LogP contribution in [-0.4, -0.2) is 11.2 Å². The number of fused-ring (bicyclic) bond motifs is 1. The van der Waals surface area contributed by atoms with E-state index in [1.54, 1.807) is 0 Å². The zero-order valence-corrected chi connectivity index (χ0v) is 11.9. The van der Waals surface area contributed by atoms with Crippen LogP contribution in [0.4, 0.5) is 0 Å². The molecule has 3 rings (SSSR count). The molecule has 0 radical (unpaired) electrons. The van der Waals surface area contributed by atoms with Crippen LogP contribution in [0.15, 0.2) is 24.3 Å². The first kappa shape index (κ1) is 13.2. The largest absolute Gasteiger partial charge is 0.393 e. The minimum Gasteiger partial charge on any atom is -0.393 e. The Balaban J connectivity index is 1.55. The van der Waals surface area contributed by atoms with E-state index in [4.69, 9.17) is 0 Å². The third-order valence-corrected chi connectivity index (χ3v) is 5.18. The maximum absolute atomic E-state index is 10.6. The molecule has 1 fully saturated rings. The molecule has 2 unspecified atom stereocenters. The minimum atomic E-state index is -0.0727. The lowest BCUT2D eigenvalue weighted by atomic mass is 9.72. The first-order valence-corrected chi connectivity index (χ1v) is 8.10. The summed E-state index contributed by atoms with van der Waals surface area (Å²) >= 11 is 0. The number of hydrogen-bond acceptors (Lipinski definition) is 1. The van der Waals surface area contributed by atoms with E-state index in [2.05, 4.69) is 24.3 Å². The van der Waals surface area contributed by atoms with Gasteiger partial charge in [0.05, 0.1) is 6.10 Å². The first-order chi connectivity index (χ1) is 9.34. The van der Waals surface area contributed by atoms with Crippen molar-refractivity contribution >= 4 is 0 Å². The van der Waals surface area contributed by atoms with Crippen molar-refractivity contribution in [2.24, 2.45) is 5.92 Å². The summed E-state index contributed by atoms with van der Waals surface area (Å²) in [7, 11) is 0. The Kier molecular flexibility index (Phi) is 4.22. The van der Waals surface area contributed by atoms with E-state index in [1.165, 1.54) is 62.5 Å². The maximum Gasteiger partial charge on any atom is 0.0574 e. The Bertz CT molecular complexity index is 404. The number of benzene rings is 1. The van der Waals surface area contributed by atoms with Gasteiger partial charge in [0.2, 0.25) is 0 Å². The van der Waals surface area contributed by atoms with Crippen molar-refractivity contribution in [3.63, 3.8) is 0 Å². The summed E-state index contributed by atoms with van der Waals surface area (Å²) in [6.45, 7) is 0. The van der Waals surface area contributed by atoms with Crippen LogP contribution in [0.5, 0.6) is 0 Å². The molecule has 1 aromatic rings. The van der Waals surface area contributed by atoms with Gasteiger partial charge in [-0.05, 0) is 48.6 Å². The van der Waals surface area contributed by atoms with E-state index < -0.39 is 0 Å². The normalized spacial score (nSPS) is 25.8. The number of aliphatic hydroxyl groups is 1. The van der Waals surface area contributed by atoms with Crippen LogP contribution in [0.2, 0.25) is 0 Å². The Morgan fingerprint density at radius 3 is 2.42 bits per heavy atom. The summed E-state index contributed by atoms with van der Waals surface area (Å²) in [6, 6.07) is 8.73. The molecule has 0 amide bonds. The van der Waals surface area contributed by atoms with Crippen LogP contribution in [0.3, 0.4) is 0 Å². The fraction of sp³-hybridized carbons (Fsp3) is 0.667. The molecule has 1 heteroatoms. The Hall–Kier alpha value is -0.820. The highest BCUT2D eigenvalue weighted by atomic mass is 16.3. The van der Waals surface area contributed by atoms with E-state index in [0.717, 1.165) is 6.42 Å². The second-order valence-corrected chi connectivity index (χ2v) is 6.51. The molecule has 0 aromatic heterocycles. The van der Waals surface area contributed by atoms with Crippen molar-refractivity contribution in [1.82, 2.24) is 0 Å². The van der Waals surface area contributed by atoms with Gasteiger partial charge in [-0.15, -0.1) is 0 Å². The van der Waals surface area contributed by atoms with Gasteiger partial charge in [0, 0.05) is 0 Å². The molecule has 0 heterocycles. The molecule has 0 saturated heterocycles. The van der Waals surface area contributed by atoms with Crippen LogP contribution in [-0.2, 0) is 6.42 Å². The Morgan fingerprint density at radius 2 is 1.68 bits per heavy atom. The van der Waals surface area contributed by atoms with Crippen LogP contribution >= 0.6 is 0 Å². The van der Waals surface area contributed by atoms with Gasteiger partial charge in [-0.25, -0.2) is 0 Å². The van der Waals surface area contributed by atoms with Crippen LogP contribution in [0, 0.1) is 5.92 Å². The van der Waals surface area contributed by atoms with Gasteiger partial charge in [0.25, 0.3) is 0 Å². The Morgan fingerprint density at radius 1 is 1.00 bits per heavy atom. The predicted octanol–water partition coefficient (Wildman–Crippen LogP) is 4.44. The van der Waals surface area contributed by atoms with Gasteiger partial charge in [-0.3, -0.25) is 0 Å². The smallest absolute Gasteiger partial charge is 0.0574 e. The quantitative estimate of drug-likeness (QED) is 0.850. The second kappa shape index (κ2) is 6.09. The summed E-state index contributed by atoms with van der Waals surface area (Å²) in [5.74, 6) is 1.18. The number of aliphatic hydroxyl groups excluding tert-OH is 1. The van der Waals surface area contributed by atoms with E-state index in [1.807, 2.05) is 0 Å². The minimum absolute atomic E-state index is 0.0727. The van der Waals surface area contributed by atoms with Crippen molar-refractivity contribution in [2.45, 2.75) is 69.8 Å². The van der Waals surface area contributed by atoms with Gasteiger partial charge in [-0.1, -0.05) is 56.4 Å². The summed E-state index contributed by atoms with van der Waals surface area (Å²) < 4.78 is 0. The standard InChI is InChI=1S/C18H26O/c19-18(14-8-4-2-1-3-5-9-14)13-16-12-15-10-6-7-11-17(15)16/h6-7,10-11,14,16,18-19H,1-5,8-9,12-13H2. The average Bonchev–Trinajstić information content (AvgIpc) is 2.35. The fourth-order valence-corrected chi connectivity index (χ4v) is 3.93. The van der Waals surface area contributed by atoms with Crippen molar-refractivity contribution < 1.29 is 5.11 Å². The van der Waals surface area contributed by atoms with E-state index in [-0.39, 0.29) is 6.10 Å². The van der Waals surface area contributed by atoms with E-state index in [0.29, 0.717) is 11.8 Å². The molecule has 0 aliphatic heterocycles. The Labute approximate surface area is 117 Å². The van der Waals surface area contributed by atoms with Gasteiger partial charge >= 0.3 is 0 Å². The summed E-state index contributed by atoms with van der Waals surface area (Å²) in [6.07, 6.45) is 11.4. The van der Waals surface area contributed by atoms with Crippen molar-refractivity contribution in [1.29, 1.82) is 0 Å². The molecule has 1 aromatic carbocycles. The monoisotopic (exact) mass is 258 g/mol. The molecule has 2 atom stereocenters. The predicted molar refractivity (Wildman–Crippen MR) is 79.3 cm³/mol. The second-order valence-electron chi connectivity index (χ2n) is 6.51. The third-order valence-electron chi connectivity index (χ3n) is 5.18. The molecular weight excluding hydrogens is 232 g/mol. The van der Waals surface area contributed by atoms with Gasteiger partial charge in [0.1, 0.15) is 0 Å². The average molecular weight is 258 g/mol. The highest BCUT2D eigenvalue weighted by molar-refractivity contribution is 5.39. The van der Waals surface area contributed by atoms with Crippen molar-refractivity contribution in [3.05, 3.63) is 35.4 Å². The van der Waals surface area contributed by atoms with Gasteiger partial charge in [0.15, 0.2) is 0 Å². The SMILES string of the molecule is OC(CC1Cc2ccccc21)C1CCCCCCC1. The molecule has 0 bridgehead atoms.